The van der Waals surface area contributed by atoms with Crippen molar-refractivity contribution in [2.45, 2.75) is 143 Å². The number of halogens is 2. The third-order valence-electron chi connectivity index (χ3n) is 16.7. The molecule has 5 aromatic rings. The fraction of sp³-hybridized carbons (Fsp3) is 0.429. The van der Waals surface area contributed by atoms with E-state index in [1.807, 2.05) is 0 Å². The van der Waals surface area contributed by atoms with E-state index in [4.69, 9.17) is 0 Å². The van der Waals surface area contributed by atoms with Crippen LogP contribution in [0.25, 0.3) is 11.1 Å². The summed E-state index contributed by atoms with van der Waals surface area (Å²) in [4.78, 5) is 5.23. The van der Waals surface area contributed by atoms with Crippen molar-refractivity contribution in [2.24, 2.45) is 11.3 Å². The lowest BCUT2D eigenvalue weighted by Crippen LogP contribution is -2.50. The maximum absolute atomic E-state index is 2.68. The molecule has 0 unspecified atom stereocenters. The highest BCUT2D eigenvalue weighted by molar-refractivity contribution is 14.1. The summed E-state index contributed by atoms with van der Waals surface area (Å²) in [5, 5.41) is 0. The average Bonchev–Trinajstić information content (AvgIpc) is 3.42. The summed E-state index contributed by atoms with van der Waals surface area (Å²) >= 11 is 4.97. The molecule has 60 heavy (non-hydrogen) atoms. The Bertz CT molecular complexity index is 2490. The van der Waals surface area contributed by atoms with Gasteiger partial charge in [-0.25, -0.2) is 0 Å². The van der Waals surface area contributed by atoms with Gasteiger partial charge in [0.05, 0.1) is 11.4 Å². The highest BCUT2D eigenvalue weighted by Crippen LogP contribution is 2.68. The van der Waals surface area contributed by atoms with Gasteiger partial charge in [-0.1, -0.05) is 71.9 Å². The van der Waals surface area contributed by atoms with Gasteiger partial charge < -0.3 is 9.80 Å². The Labute approximate surface area is 388 Å². The first kappa shape index (κ1) is 42.2. The molecule has 5 aromatic carbocycles. The van der Waals surface area contributed by atoms with E-state index in [0.717, 1.165) is 19.3 Å². The van der Waals surface area contributed by atoms with Crippen molar-refractivity contribution in [1.29, 1.82) is 0 Å². The van der Waals surface area contributed by atoms with Crippen LogP contribution in [0.3, 0.4) is 0 Å². The molecule has 0 aromatic heterocycles. The first-order valence-corrected chi connectivity index (χ1v) is 24.9. The number of hydrogen-bond acceptors (Lipinski definition) is 2. The molecule has 2 nitrogen and oxygen atoms in total. The summed E-state index contributed by atoms with van der Waals surface area (Å²) in [7, 11) is 0. The Morgan fingerprint density at radius 3 is 1.57 bits per heavy atom. The maximum Gasteiger partial charge on any atom is 0.0520 e. The molecule has 0 radical (unpaired) electrons. The van der Waals surface area contributed by atoms with Crippen LogP contribution in [-0.2, 0) is 16.2 Å². The molecule has 1 spiro atoms. The van der Waals surface area contributed by atoms with E-state index in [2.05, 4.69) is 215 Å². The van der Waals surface area contributed by atoms with Crippen molar-refractivity contribution in [2.75, 3.05) is 9.80 Å². The molecule has 0 amide bonds. The lowest BCUT2D eigenvalue weighted by atomic mass is 9.48. The fourth-order valence-corrected chi connectivity index (χ4v) is 14.1. The van der Waals surface area contributed by atoms with Crippen LogP contribution in [0.5, 0.6) is 0 Å². The third kappa shape index (κ3) is 6.56. The van der Waals surface area contributed by atoms with Gasteiger partial charge in [0.25, 0.3) is 0 Å². The van der Waals surface area contributed by atoms with Gasteiger partial charge in [-0.15, -0.1) is 0 Å². The topological polar surface area (TPSA) is 6.48 Å². The summed E-state index contributed by atoms with van der Waals surface area (Å²) in [5.74, 6) is 0.539. The van der Waals surface area contributed by atoms with E-state index in [1.165, 1.54) is 119 Å². The molecule has 312 valence electrons. The van der Waals surface area contributed by atoms with E-state index in [0.29, 0.717) is 11.3 Å². The summed E-state index contributed by atoms with van der Waals surface area (Å²) in [6, 6.07) is 34.3. The molecule has 4 heteroatoms. The van der Waals surface area contributed by atoms with Gasteiger partial charge in [-0.2, -0.15) is 0 Å². The predicted molar refractivity (Wildman–Crippen MR) is 274 cm³/mol. The molecule has 0 saturated heterocycles. The second-order valence-electron chi connectivity index (χ2n) is 20.2. The largest absolute Gasteiger partial charge is 0.314 e. The van der Waals surface area contributed by atoms with Crippen LogP contribution in [0, 0.1) is 46.2 Å². The zero-order valence-corrected chi connectivity index (χ0v) is 42.1. The number of fused-ring (bicyclic) bond motifs is 6. The Morgan fingerprint density at radius 2 is 1.07 bits per heavy atom. The van der Waals surface area contributed by atoms with E-state index < -0.39 is 0 Å². The lowest BCUT2D eigenvalue weighted by Gasteiger charge is -2.55. The summed E-state index contributed by atoms with van der Waals surface area (Å²) < 4.78 is 2.59. The van der Waals surface area contributed by atoms with Crippen molar-refractivity contribution in [3.05, 3.63) is 143 Å². The number of hydrogen-bond donors (Lipinski definition) is 0. The summed E-state index contributed by atoms with van der Waals surface area (Å²) in [6.45, 7) is 24.0. The molecule has 2 atom stereocenters. The van der Waals surface area contributed by atoms with Crippen molar-refractivity contribution >= 4 is 73.6 Å². The average molecular weight is 1020 g/mol. The fourth-order valence-electron chi connectivity index (χ4n) is 12.3. The summed E-state index contributed by atoms with van der Waals surface area (Å²) in [6.07, 6.45) is 13.5. The number of allylic oxidation sites excluding steroid dienone is 2. The highest BCUT2D eigenvalue weighted by Gasteiger charge is 2.59. The molecule has 5 aliphatic rings. The molecule has 5 aliphatic carbocycles. The van der Waals surface area contributed by atoms with Gasteiger partial charge in [0.1, 0.15) is 0 Å². The monoisotopic (exact) mass is 1020 g/mol. The number of anilines is 5. The molecule has 0 aliphatic heterocycles. The van der Waals surface area contributed by atoms with E-state index >= 15 is 0 Å². The Morgan fingerprint density at radius 1 is 0.600 bits per heavy atom. The maximum atomic E-state index is 2.68. The number of nitrogens with zero attached hydrogens (tertiary/aromatic N) is 2. The Kier molecular flexibility index (Phi) is 10.8. The Hall–Kier alpha value is -3.10. The SMILES string of the molecule is CCC(C)(CC)c1ccc(N(c2ccc3c(c2)[C@]2(C)CCC4(C)CCC2(CC4)c2cc(N(C4=CC[C@@H]4C)c4c(C)cc(I)cc4C)ccc2-3)c2c(C)cc(I)cc2C)cc1. The minimum atomic E-state index is -0.00345. The van der Waals surface area contributed by atoms with Crippen LogP contribution in [0.1, 0.15) is 138 Å². The van der Waals surface area contributed by atoms with Crippen LogP contribution < -0.4 is 9.80 Å². The normalized spacial score (nSPS) is 24.1. The Balaban J connectivity index is 1.26. The van der Waals surface area contributed by atoms with Crippen molar-refractivity contribution < 1.29 is 0 Å². The highest BCUT2D eigenvalue weighted by atomic mass is 127. The number of rotatable bonds is 9. The van der Waals surface area contributed by atoms with Gasteiger partial charge in [0.2, 0.25) is 0 Å². The molecule has 0 heterocycles. The quantitative estimate of drug-likeness (QED) is 0.136. The number of benzene rings is 5. The van der Waals surface area contributed by atoms with E-state index in [-0.39, 0.29) is 16.2 Å². The molecular formula is C56H64I2N2. The minimum Gasteiger partial charge on any atom is -0.314 e. The van der Waals surface area contributed by atoms with Gasteiger partial charge in [-0.05, 0) is 258 Å². The lowest BCUT2D eigenvalue weighted by molar-refractivity contribution is 0.136. The summed E-state index contributed by atoms with van der Waals surface area (Å²) in [5.41, 5.74) is 21.4. The molecule has 3 saturated carbocycles. The second kappa shape index (κ2) is 15.3. The zero-order chi connectivity index (χ0) is 42.5. The smallest absolute Gasteiger partial charge is 0.0520 e. The van der Waals surface area contributed by atoms with Crippen LogP contribution in [0.15, 0.2) is 96.7 Å². The van der Waals surface area contributed by atoms with Crippen LogP contribution in [-0.4, -0.2) is 0 Å². The van der Waals surface area contributed by atoms with Crippen molar-refractivity contribution in [1.82, 2.24) is 0 Å². The zero-order valence-electron chi connectivity index (χ0n) is 37.8. The van der Waals surface area contributed by atoms with Gasteiger partial charge in [0.15, 0.2) is 0 Å². The van der Waals surface area contributed by atoms with Gasteiger partial charge in [0, 0.05) is 40.7 Å². The number of aryl methyl sites for hydroxylation is 4. The first-order chi connectivity index (χ1) is 28.5. The van der Waals surface area contributed by atoms with Crippen LogP contribution in [0.2, 0.25) is 0 Å². The predicted octanol–water partition coefficient (Wildman–Crippen LogP) is 17.3. The molecule has 0 N–H and O–H groups in total. The second-order valence-corrected chi connectivity index (χ2v) is 22.7. The van der Waals surface area contributed by atoms with Gasteiger partial charge in [-0.3, -0.25) is 0 Å². The molecule has 2 bridgehead atoms. The van der Waals surface area contributed by atoms with E-state index in [1.54, 1.807) is 11.1 Å². The molecule has 10 rings (SSSR count). The van der Waals surface area contributed by atoms with Crippen LogP contribution >= 0.6 is 45.2 Å². The minimum absolute atomic E-state index is 0.00345. The van der Waals surface area contributed by atoms with Gasteiger partial charge >= 0.3 is 0 Å². The molecule has 3 fully saturated rings. The standard InChI is InChI=1S/C56H64I2N2/c1-11-54(9,12-2)40-14-16-43(17-15-40)59(51-36(4)29-41(57)30-37(51)5)44-18-20-46-47-21-19-45(60(50-22-13-35(50)3)52-38(6)31-42(58)32-39(52)7)34-49(47)56-27-24-53(8,25-28-56)23-26-55(56,10)48(46)33-44/h14-22,29-35H,11-13,23-28H2,1-10H3/t35-,53?,55-,56?/m0/s1. The van der Waals surface area contributed by atoms with Crippen molar-refractivity contribution in [3.63, 3.8) is 0 Å². The van der Waals surface area contributed by atoms with Crippen LogP contribution in [0.4, 0.5) is 28.4 Å². The first-order valence-electron chi connectivity index (χ1n) is 22.8. The van der Waals surface area contributed by atoms with Crippen molar-refractivity contribution in [3.8, 4) is 11.1 Å². The van der Waals surface area contributed by atoms with E-state index in [9.17, 15) is 0 Å². The molecular weight excluding hydrogens is 954 g/mol. The third-order valence-corrected chi connectivity index (χ3v) is 17.9.